The van der Waals surface area contributed by atoms with E-state index < -0.39 is 12.1 Å². The van der Waals surface area contributed by atoms with Crippen molar-refractivity contribution in [2.75, 3.05) is 30.5 Å². The standard InChI is InChI=1S/C21H23ClN4O3/c1-14-8-10-16(11-9-14)26-15(2)20(28)25(21(26)29)13-24(3)12-19(27)23-18-7-5-4-6-17(18)22/h4-11,15H,12-13H2,1-3H3,(H,23,27)/t15-/m1/s1. The molecular formula is C21H23ClN4O3. The largest absolute Gasteiger partial charge is 0.333 e. The molecule has 1 saturated heterocycles. The van der Waals surface area contributed by atoms with Crippen LogP contribution in [0.2, 0.25) is 5.02 Å². The molecular weight excluding hydrogens is 392 g/mol. The molecule has 2 aromatic carbocycles. The highest BCUT2D eigenvalue weighted by atomic mass is 35.5. The maximum absolute atomic E-state index is 12.9. The van der Waals surface area contributed by atoms with E-state index in [2.05, 4.69) is 5.32 Å². The van der Waals surface area contributed by atoms with Crippen molar-refractivity contribution in [3.63, 3.8) is 0 Å². The molecule has 2 aromatic rings. The molecule has 0 bridgehead atoms. The molecule has 1 atom stereocenters. The van der Waals surface area contributed by atoms with Gasteiger partial charge in [0.2, 0.25) is 5.91 Å². The first kappa shape index (κ1) is 20.8. The van der Waals surface area contributed by atoms with Crippen molar-refractivity contribution in [1.82, 2.24) is 9.80 Å². The van der Waals surface area contributed by atoms with Gasteiger partial charge in [-0.15, -0.1) is 0 Å². The smallest absolute Gasteiger partial charge is 0.324 e. The molecule has 0 saturated carbocycles. The fourth-order valence-electron chi connectivity index (χ4n) is 3.18. The van der Waals surface area contributed by atoms with E-state index in [-0.39, 0.29) is 25.0 Å². The van der Waals surface area contributed by atoms with Crippen LogP contribution in [-0.2, 0) is 9.59 Å². The van der Waals surface area contributed by atoms with E-state index in [1.807, 2.05) is 31.2 Å². The first-order chi connectivity index (χ1) is 13.8. The van der Waals surface area contributed by atoms with Crippen LogP contribution in [0.5, 0.6) is 0 Å². The lowest BCUT2D eigenvalue weighted by Crippen LogP contribution is -2.43. The van der Waals surface area contributed by atoms with Gasteiger partial charge in [-0.1, -0.05) is 41.4 Å². The summed E-state index contributed by atoms with van der Waals surface area (Å²) in [5.74, 6) is -0.586. The number of hydrogen-bond acceptors (Lipinski definition) is 4. The van der Waals surface area contributed by atoms with Crippen LogP contribution in [0.3, 0.4) is 0 Å². The number of likely N-dealkylation sites (N-methyl/N-ethyl adjacent to an activating group) is 1. The first-order valence-electron chi connectivity index (χ1n) is 9.22. The van der Waals surface area contributed by atoms with E-state index in [1.165, 1.54) is 4.90 Å². The summed E-state index contributed by atoms with van der Waals surface area (Å²) in [6, 6.07) is 13.4. The molecule has 29 heavy (non-hydrogen) atoms. The summed E-state index contributed by atoms with van der Waals surface area (Å²) in [6.07, 6.45) is 0. The summed E-state index contributed by atoms with van der Waals surface area (Å²) < 4.78 is 0. The Kier molecular flexibility index (Phi) is 6.20. The average molecular weight is 415 g/mol. The van der Waals surface area contributed by atoms with Crippen molar-refractivity contribution >= 4 is 40.8 Å². The van der Waals surface area contributed by atoms with Crippen molar-refractivity contribution in [1.29, 1.82) is 0 Å². The fraction of sp³-hybridized carbons (Fsp3) is 0.286. The third-order valence-electron chi connectivity index (χ3n) is 4.70. The summed E-state index contributed by atoms with van der Waals surface area (Å²) in [5.41, 5.74) is 2.25. The average Bonchev–Trinajstić information content (AvgIpc) is 2.88. The number of imide groups is 1. The molecule has 0 unspecified atom stereocenters. The van der Waals surface area contributed by atoms with Crippen LogP contribution >= 0.6 is 11.6 Å². The van der Waals surface area contributed by atoms with Crippen LogP contribution in [0, 0.1) is 6.92 Å². The number of carbonyl (C=O) groups is 3. The van der Waals surface area contributed by atoms with Gasteiger partial charge in [0.25, 0.3) is 5.91 Å². The van der Waals surface area contributed by atoms with E-state index in [1.54, 1.807) is 43.1 Å². The highest BCUT2D eigenvalue weighted by Gasteiger charge is 2.43. The van der Waals surface area contributed by atoms with Gasteiger partial charge in [0.15, 0.2) is 0 Å². The number of rotatable bonds is 6. The van der Waals surface area contributed by atoms with Gasteiger partial charge >= 0.3 is 6.03 Å². The van der Waals surface area contributed by atoms with Gasteiger partial charge in [0.05, 0.1) is 23.9 Å². The van der Waals surface area contributed by atoms with Crippen molar-refractivity contribution in [3.05, 3.63) is 59.1 Å². The molecule has 0 aliphatic carbocycles. The zero-order valence-corrected chi connectivity index (χ0v) is 17.3. The summed E-state index contributed by atoms with van der Waals surface area (Å²) in [7, 11) is 1.67. The molecule has 1 fully saturated rings. The molecule has 1 heterocycles. The third-order valence-corrected chi connectivity index (χ3v) is 5.03. The minimum Gasteiger partial charge on any atom is -0.324 e. The number of para-hydroxylation sites is 1. The number of urea groups is 1. The number of benzene rings is 2. The predicted octanol–water partition coefficient (Wildman–Crippen LogP) is 3.33. The van der Waals surface area contributed by atoms with Gasteiger partial charge in [0, 0.05) is 5.69 Å². The first-order valence-corrected chi connectivity index (χ1v) is 9.60. The molecule has 7 nitrogen and oxygen atoms in total. The Labute approximate surface area is 174 Å². The molecule has 8 heteroatoms. The van der Waals surface area contributed by atoms with E-state index in [0.717, 1.165) is 10.5 Å². The Bertz CT molecular complexity index is 932. The fourth-order valence-corrected chi connectivity index (χ4v) is 3.37. The third kappa shape index (κ3) is 4.58. The number of amides is 4. The predicted molar refractivity (Wildman–Crippen MR) is 113 cm³/mol. The van der Waals surface area contributed by atoms with Gasteiger partial charge in [-0.05, 0) is 45.2 Å². The molecule has 0 radical (unpaired) electrons. The Morgan fingerprint density at radius 3 is 2.45 bits per heavy atom. The summed E-state index contributed by atoms with van der Waals surface area (Å²) in [5, 5.41) is 3.17. The zero-order valence-electron chi connectivity index (χ0n) is 16.6. The minimum absolute atomic E-state index is 0.00119. The number of hydrogen-bond donors (Lipinski definition) is 1. The molecule has 3 rings (SSSR count). The Morgan fingerprint density at radius 1 is 1.14 bits per heavy atom. The second kappa shape index (κ2) is 8.63. The highest BCUT2D eigenvalue weighted by molar-refractivity contribution is 6.33. The molecule has 1 N–H and O–H groups in total. The van der Waals surface area contributed by atoms with Gasteiger partial charge in [-0.25, -0.2) is 9.69 Å². The SMILES string of the molecule is Cc1ccc(N2C(=O)N(CN(C)CC(=O)Nc3ccccc3Cl)C(=O)[C@H]2C)cc1. The number of halogens is 1. The lowest BCUT2D eigenvalue weighted by Gasteiger charge is -2.23. The number of nitrogens with one attached hydrogen (secondary N) is 1. The molecule has 0 spiro atoms. The Balaban J connectivity index is 1.63. The van der Waals surface area contributed by atoms with Crippen molar-refractivity contribution in [2.24, 2.45) is 0 Å². The minimum atomic E-state index is -0.601. The van der Waals surface area contributed by atoms with Gasteiger partial charge in [-0.2, -0.15) is 0 Å². The maximum Gasteiger partial charge on any atom is 0.333 e. The van der Waals surface area contributed by atoms with Crippen molar-refractivity contribution in [2.45, 2.75) is 19.9 Å². The summed E-state index contributed by atoms with van der Waals surface area (Å²) in [4.78, 5) is 42.0. The van der Waals surface area contributed by atoms with Crippen LogP contribution < -0.4 is 10.2 Å². The maximum atomic E-state index is 12.9. The monoisotopic (exact) mass is 414 g/mol. The van der Waals surface area contributed by atoms with Gasteiger partial charge in [0.1, 0.15) is 6.04 Å². The van der Waals surface area contributed by atoms with E-state index in [9.17, 15) is 14.4 Å². The second-order valence-corrected chi connectivity index (χ2v) is 7.52. The Hall–Kier alpha value is -2.90. The van der Waals surface area contributed by atoms with Crippen LogP contribution in [-0.4, -0.2) is 53.9 Å². The molecule has 1 aliphatic heterocycles. The molecule has 152 valence electrons. The van der Waals surface area contributed by atoms with Gasteiger partial charge in [-0.3, -0.25) is 19.4 Å². The Morgan fingerprint density at radius 2 is 1.79 bits per heavy atom. The van der Waals surface area contributed by atoms with Crippen LogP contribution in [0.25, 0.3) is 0 Å². The zero-order chi connectivity index (χ0) is 21.1. The van der Waals surface area contributed by atoms with Crippen LogP contribution in [0.15, 0.2) is 48.5 Å². The van der Waals surface area contributed by atoms with Crippen molar-refractivity contribution in [3.8, 4) is 0 Å². The van der Waals surface area contributed by atoms with Crippen LogP contribution in [0.4, 0.5) is 16.2 Å². The van der Waals surface area contributed by atoms with E-state index in [4.69, 9.17) is 11.6 Å². The molecule has 1 aliphatic rings. The summed E-state index contributed by atoms with van der Waals surface area (Å²) in [6.45, 7) is 3.67. The second-order valence-electron chi connectivity index (χ2n) is 7.11. The highest BCUT2D eigenvalue weighted by Crippen LogP contribution is 2.26. The van der Waals surface area contributed by atoms with E-state index in [0.29, 0.717) is 16.4 Å². The van der Waals surface area contributed by atoms with E-state index >= 15 is 0 Å². The lowest BCUT2D eigenvalue weighted by atomic mass is 10.2. The number of anilines is 2. The molecule has 0 aromatic heterocycles. The number of aryl methyl sites for hydroxylation is 1. The normalized spacial score (nSPS) is 16.7. The lowest BCUT2D eigenvalue weighted by molar-refractivity contribution is -0.129. The quantitative estimate of drug-likeness (QED) is 0.736. The summed E-state index contributed by atoms with van der Waals surface area (Å²) >= 11 is 6.05. The van der Waals surface area contributed by atoms with Crippen molar-refractivity contribution < 1.29 is 14.4 Å². The topological polar surface area (TPSA) is 73.0 Å². The van der Waals surface area contributed by atoms with Crippen LogP contribution in [0.1, 0.15) is 12.5 Å². The van der Waals surface area contributed by atoms with Gasteiger partial charge < -0.3 is 5.32 Å². The molecule has 4 amide bonds. The number of nitrogens with zero attached hydrogens (tertiary/aromatic N) is 3. The number of carbonyl (C=O) groups excluding carboxylic acids is 3.